The van der Waals surface area contributed by atoms with Crippen molar-refractivity contribution in [1.82, 2.24) is 9.55 Å². The van der Waals surface area contributed by atoms with E-state index in [9.17, 15) is 14.4 Å². The first-order valence-corrected chi connectivity index (χ1v) is 6.81. The fourth-order valence-corrected chi connectivity index (χ4v) is 2.68. The predicted octanol–water partition coefficient (Wildman–Crippen LogP) is 1.92. The highest BCUT2D eigenvalue weighted by Crippen LogP contribution is 2.23. The van der Waals surface area contributed by atoms with Crippen molar-refractivity contribution in [2.24, 2.45) is 0 Å². The van der Waals surface area contributed by atoms with Crippen LogP contribution in [-0.4, -0.2) is 20.6 Å². The van der Waals surface area contributed by atoms with Crippen molar-refractivity contribution in [3.8, 4) is 0 Å². The summed E-state index contributed by atoms with van der Waals surface area (Å²) < 4.78 is 1.45. The summed E-state index contributed by atoms with van der Waals surface area (Å²) in [7, 11) is 0. The summed E-state index contributed by atoms with van der Waals surface area (Å²) in [5, 5.41) is 9.02. The lowest BCUT2D eigenvalue weighted by atomic mass is 9.97. The SMILES string of the molecule is CCCC(C)(C)n1c(=O)c(=O)[nH]c2cc(C(=O)O)ccc21. The standard InChI is InChI=1S/C15H18N2O4/c1-4-7-15(2,3)17-11-6-5-9(14(20)21)8-10(11)16-12(18)13(17)19/h5-6,8H,4,7H2,1-3H3,(H,16,18)(H,20,21). The van der Waals surface area contributed by atoms with Crippen molar-refractivity contribution in [3.63, 3.8) is 0 Å². The van der Waals surface area contributed by atoms with Crippen LogP contribution in [0.2, 0.25) is 0 Å². The van der Waals surface area contributed by atoms with Gasteiger partial charge >= 0.3 is 17.1 Å². The van der Waals surface area contributed by atoms with Gasteiger partial charge in [0, 0.05) is 5.54 Å². The molecule has 0 spiro atoms. The average molecular weight is 290 g/mol. The summed E-state index contributed by atoms with van der Waals surface area (Å²) in [6.07, 6.45) is 1.59. The minimum absolute atomic E-state index is 0.0663. The molecular formula is C15H18N2O4. The quantitative estimate of drug-likeness (QED) is 0.841. The summed E-state index contributed by atoms with van der Waals surface area (Å²) in [4.78, 5) is 37.6. The highest BCUT2D eigenvalue weighted by Gasteiger charge is 2.24. The molecule has 6 nitrogen and oxygen atoms in total. The summed E-state index contributed by atoms with van der Waals surface area (Å²) in [5.74, 6) is -1.08. The molecule has 2 rings (SSSR count). The van der Waals surface area contributed by atoms with Crippen LogP contribution >= 0.6 is 0 Å². The number of carbonyl (C=O) groups is 1. The number of carboxylic acids is 1. The number of nitrogens with one attached hydrogen (secondary N) is 1. The highest BCUT2D eigenvalue weighted by molar-refractivity contribution is 5.92. The normalized spacial score (nSPS) is 11.8. The molecule has 0 saturated carbocycles. The van der Waals surface area contributed by atoms with Crippen LogP contribution in [-0.2, 0) is 5.54 Å². The van der Waals surface area contributed by atoms with Gasteiger partial charge in [0.05, 0.1) is 16.6 Å². The largest absolute Gasteiger partial charge is 0.478 e. The molecule has 6 heteroatoms. The number of hydrogen-bond donors (Lipinski definition) is 2. The van der Waals surface area contributed by atoms with Crippen molar-refractivity contribution >= 4 is 17.0 Å². The maximum Gasteiger partial charge on any atom is 0.335 e. The molecule has 0 aliphatic carbocycles. The first-order chi connectivity index (χ1) is 9.77. The second-order valence-electron chi connectivity index (χ2n) is 5.69. The van der Waals surface area contributed by atoms with Gasteiger partial charge < -0.3 is 10.1 Å². The van der Waals surface area contributed by atoms with Crippen LogP contribution in [0.3, 0.4) is 0 Å². The third-order valence-electron chi connectivity index (χ3n) is 3.60. The van der Waals surface area contributed by atoms with Gasteiger partial charge in [0.1, 0.15) is 0 Å². The molecule has 112 valence electrons. The smallest absolute Gasteiger partial charge is 0.335 e. The number of rotatable bonds is 4. The van der Waals surface area contributed by atoms with Gasteiger partial charge in [0.2, 0.25) is 0 Å². The zero-order valence-electron chi connectivity index (χ0n) is 12.3. The number of nitrogens with zero attached hydrogens (tertiary/aromatic N) is 1. The Hall–Kier alpha value is -2.37. The number of benzene rings is 1. The van der Waals surface area contributed by atoms with Gasteiger partial charge in [-0.3, -0.25) is 14.2 Å². The molecule has 0 aliphatic rings. The summed E-state index contributed by atoms with van der Waals surface area (Å²) in [6.45, 7) is 5.79. The zero-order chi connectivity index (χ0) is 15.8. The lowest BCUT2D eigenvalue weighted by Gasteiger charge is -2.28. The van der Waals surface area contributed by atoms with Crippen LogP contribution in [0.5, 0.6) is 0 Å². The fourth-order valence-electron chi connectivity index (χ4n) is 2.68. The minimum atomic E-state index is -1.08. The predicted molar refractivity (Wildman–Crippen MR) is 80.0 cm³/mol. The van der Waals surface area contributed by atoms with E-state index in [0.29, 0.717) is 11.0 Å². The van der Waals surface area contributed by atoms with E-state index in [-0.39, 0.29) is 5.56 Å². The number of carboxylic acid groups (broad SMARTS) is 1. The molecule has 1 heterocycles. The second kappa shape index (κ2) is 5.20. The third-order valence-corrected chi connectivity index (χ3v) is 3.60. The van der Waals surface area contributed by atoms with E-state index in [2.05, 4.69) is 4.98 Å². The van der Waals surface area contributed by atoms with Crippen LogP contribution in [0, 0.1) is 0 Å². The van der Waals surface area contributed by atoms with Crippen molar-refractivity contribution in [3.05, 3.63) is 44.5 Å². The van der Waals surface area contributed by atoms with E-state index in [0.717, 1.165) is 12.8 Å². The molecule has 0 aliphatic heterocycles. The molecule has 1 aromatic carbocycles. The Morgan fingerprint density at radius 3 is 2.57 bits per heavy atom. The first-order valence-electron chi connectivity index (χ1n) is 6.81. The van der Waals surface area contributed by atoms with Crippen LogP contribution in [0.25, 0.3) is 11.0 Å². The molecule has 0 amide bonds. The Balaban J connectivity index is 2.87. The van der Waals surface area contributed by atoms with Crippen molar-refractivity contribution < 1.29 is 9.90 Å². The van der Waals surface area contributed by atoms with Crippen LogP contribution in [0.4, 0.5) is 0 Å². The van der Waals surface area contributed by atoms with E-state index in [1.807, 2.05) is 20.8 Å². The Morgan fingerprint density at radius 1 is 1.33 bits per heavy atom. The van der Waals surface area contributed by atoms with Crippen molar-refractivity contribution in [2.45, 2.75) is 39.2 Å². The third kappa shape index (κ3) is 2.61. The Bertz CT molecular complexity index is 815. The number of aromatic carboxylic acids is 1. The van der Waals surface area contributed by atoms with E-state index in [1.165, 1.54) is 16.7 Å². The molecule has 0 radical (unpaired) electrons. The molecule has 0 fully saturated rings. The van der Waals surface area contributed by atoms with Gasteiger partial charge in [-0.2, -0.15) is 0 Å². The molecule has 2 N–H and O–H groups in total. The van der Waals surface area contributed by atoms with Gasteiger partial charge in [-0.05, 0) is 38.5 Å². The lowest BCUT2D eigenvalue weighted by Crippen LogP contribution is -2.44. The number of aromatic amines is 1. The van der Waals surface area contributed by atoms with Gasteiger partial charge in [-0.25, -0.2) is 4.79 Å². The van der Waals surface area contributed by atoms with E-state index < -0.39 is 22.6 Å². The Morgan fingerprint density at radius 2 is 2.00 bits per heavy atom. The zero-order valence-corrected chi connectivity index (χ0v) is 12.3. The number of H-pyrrole nitrogens is 1. The Kier molecular flexibility index (Phi) is 3.72. The molecular weight excluding hydrogens is 272 g/mol. The second-order valence-corrected chi connectivity index (χ2v) is 5.69. The van der Waals surface area contributed by atoms with Crippen LogP contribution in [0.1, 0.15) is 44.0 Å². The molecule has 0 atom stereocenters. The minimum Gasteiger partial charge on any atom is -0.478 e. The molecule has 1 aromatic heterocycles. The topological polar surface area (TPSA) is 92.2 Å². The number of fused-ring (bicyclic) bond motifs is 1. The van der Waals surface area contributed by atoms with Gasteiger partial charge in [0.15, 0.2) is 0 Å². The first kappa shape index (κ1) is 15.0. The van der Waals surface area contributed by atoms with Gasteiger partial charge in [0.25, 0.3) is 0 Å². The Labute approximate surface area is 121 Å². The average Bonchev–Trinajstić information content (AvgIpc) is 2.39. The summed E-state index contributed by atoms with van der Waals surface area (Å²) >= 11 is 0. The monoisotopic (exact) mass is 290 g/mol. The fraction of sp³-hybridized carbons (Fsp3) is 0.400. The van der Waals surface area contributed by atoms with Crippen LogP contribution in [0.15, 0.2) is 27.8 Å². The highest BCUT2D eigenvalue weighted by atomic mass is 16.4. The number of hydrogen-bond acceptors (Lipinski definition) is 3. The van der Waals surface area contributed by atoms with E-state index in [4.69, 9.17) is 5.11 Å². The van der Waals surface area contributed by atoms with E-state index in [1.54, 1.807) is 6.07 Å². The van der Waals surface area contributed by atoms with Crippen molar-refractivity contribution in [1.29, 1.82) is 0 Å². The molecule has 0 saturated heterocycles. The summed E-state index contributed by atoms with van der Waals surface area (Å²) in [5.41, 5.74) is -0.940. The maximum atomic E-state index is 12.2. The van der Waals surface area contributed by atoms with Gasteiger partial charge in [-0.15, -0.1) is 0 Å². The molecule has 0 unspecified atom stereocenters. The molecule has 2 aromatic rings. The molecule has 21 heavy (non-hydrogen) atoms. The van der Waals surface area contributed by atoms with E-state index >= 15 is 0 Å². The maximum absolute atomic E-state index is 12.2. The summed E-state index contributed by atoms with van der Waals surface area (Å²) in [6, 6.07) is 4.37. The van der Waals surface area contributed by atoms with Crippen molar-refractivity contribution in [2.75, 3.05) is 0 Å². The van der Waals surface area contributed by atoms with Gasteiger partial charge in [-0.1, -0.05) is 13.3 Å². The molecule has 0 bridgehead atoms. The lowest BCUT2D eigenvalue weighted by molar-refractivity contribution is 0.0697. The van der Waals surface area contributed by atoms with Crippen LogP contribution < -0.4 is 11.1 Å². The number of aromatic nitrogens is 2.